The number of halogens is 3. The lowest BCUT2D eigenvalue weighted by Crippen LogP contribution is -2.29. The van der Waals surface area contributed by atoms with Crippen LogP contribution in [0.4, 0.5) is 13.2 Å². The van der Waals surface area contributed by atoms with Crippen LogP contribution in [0, 0.1) is 0 Å². The van der Waals surface area contributed by atoms with E-state index in [0.29, 0.717) is 25.9 Å². The highest BCUT2D eigenvalue weighted by Gasteiger charge is 2.35. The molecule has 84 valence electrons. The lowest BCUT2D eigenvalue weighted by atomic mass is 9.96. The van der Waals surface area contributed by atoms with Gasteiger partial charge in [-0.2, -0.15) is 0 Å². The minimum atomic E-state index is -4.43. The maximum absolute atomic E-state index is 11.3. The summed E-state index contributed by atoms with van der Waals surface area (Å²) < 4.78 is 41.7. The lowest BCUT2D eigenvalue weighted by Gasteiger charge is -2.25. The van der Waals surface area contributed by atoms with Crippen molar-refractivity contribution in [3.8, 4) is 0 Å². The van der Waals surface area contributed by atoms with Crippen molar-refractivity contribution in [2.24, 2.45) is 0 Å². The summed E-state index contributed by atoms with van der Waals surface area (Å²) in [5, 5.41) is 0. The Morgan fingerprint density at radius 1 is 1.43 bits per heavy atom. The molecular weight excluding hydrogens is 201 g/mol. The summed E-state index contributed by atoms with van der Waals surface area (Å²) in [6, 6.07) is 0. The second-order valence-electron chi connectivity index (χ2n) is 2.67. The zero-order valence-corrected chi connectivity index (χ0v) is 7.84. The summed E-state index contributed by atoms with van der Waals surface area (Å²) in [7, 11) is 0. The van der Waals surface area contributed by atoms with Gasteiger partial charge in [-0.3, -0.25) is 9.53 Å². The summed E-state index contributed by atoms with van der Waals surface area (Å²) in [6.07, 6.45) is -3.00. The van der Waals surface area contributed by atoms with Gasteiger partial charge in [0.25, 0.3) is 6.47 Å². The molecular formula is C8H13F3O3. The first kappa shape index (κ1) is 13.2. The van der Waals surface area contributed by atoms with E-state index in [1.54, 1.807) is 6.92 Å². The first-order valence-corrected chi connectivity index (χ1v) is 4.29. The fourth-order valence-corrected chi connectivity index (χ4v) is 0.746. The van der Waals surface area contributed by atoms with Gasteiger partial charge in [-0.25, -0.2) is 0 Å². The van der Waals surface area contributed by atoms with Gasteiger partial charge in [0.15, 0.2) is 0 Å². The van der Waals surface area contributed by atoms with E-state index in [4.69, 9.17) is 0 Å². The molecule has 0 heterocycles. The summed E-state index contributed by atoms with van der Waals surface area (Å²) in [5.41, 5.74) is 0. The van der Waals surface area contributed by atoms with E-state index in [9.17, 15) is 18.0 Å². The Bertz CT molecular complexity index is 154. The van der Waals surface area contributed by atoms with E-state index in [1.807, 2.05) is 0 Å². The third-order valence-electron chi connectivity index (χ3n) is 1.59. The minimum Gasteiger partial charge on any atom is -0.468 e. The van der Waals surface area contributed by atoms with Crippen LogP contribution in [0.25, 0.3) is 0 Å². The second kappa shape index (κ2) is 6.64. The Morgan fingerprint density at radius 3 is 2.07 bits per heavy atom. The highest BCUT2D eigenvalue weighted by atomic mass is 19.4. The predicted molar refractivity (Wildman–Crippen MR) is 42.5 cm³/mol. The van der Waals surface area contributed by atoms with Gasteiger partial charge in [0.05, 0.1) is 12.7 Å². The molecule has 0 aliphatic heterocycles. The fourth-order valence-electron chi connectivity index (χ4n) is 0.746. The Balaban J connectivity index is 0.000000292. The van der Waals surface area contributed by atoms with Gasteiger partial charge in [-0.05, 0) is 26.2 Å². The van der Waals surface area contributed by atoms with Crippen molar-refractivity contribution >= 4 is 6.47 Å². The highest BCUT2D eigenvalue weighted by molar-refractivity contribution is 5.36. The van der Waals surface area contributed by atoms with Crippen LogP contribution < -0.4 is 0 Å². The Labute approximate surface area is 80.2 Å². The predicted octanol–water partition coefficient (Wildman–Crippen LogP) is 2.25. The van der Waals surface area contributed by atoms with E-state index in [-0.39, 0.29) is 0 Å². The topological polar surface area (TPSA) is 35.5 Å². The van der Waals surface area contributed by atoms with Crippen LogP contribution in [0.15, 0.2) is 0 Å². The van der Waals surface area contributed by atoms with Crippen LogP contribution in [-0.2, 0) is 14.3 Å². The van der Waals surface area contributed by atoms with Crippen LogP contribution in [0.5, 0.6) is 0 Å². The average Bonchev–Trinajstić information content (AvgIpc) is 1.99. The Kier molecular flexibility index (Phi) is 6.27. The number of rotatable bonds is 3. The van der Waals surface area contributed by atoms with Crippen molar-refractivity contribution in [2.45, 2.75) is 38.7 Å². The van der Waals surface area contributed by atoms with Crippen molar-refractivity contribution in [3.05, 3.63) is 0 Å². The number of carbonyl (C=O) groups excluding carboxylic acids is 1. The van der Waals surface area contributed by atoms with Crippen LogP contribution in [0.1, 0.15) is 26.2 Å². The standard InChI is InChI=1S/C5H7F3O.C3H6O2/c6-5(7,8)9-4-2-1-3-4;1-2-5-3-4/h4H,1-3H2;3H,2H2,1H3. The van der Waals surface area contributed by atoms with E-state index >= 15 is 0 Å². The molecule has 0 aromatic heterocycles. The lowest BCUT2D eigenvalue weighted by molar-refractivity contribution is -0.350. The molecule has 0 amide bonds. The summed E-state index contributed by atoms with van der Waals surface area (Å²) >= 11 is 0. The molecule has 0 saturated heterocycles. The molecule has 1 fully saturated rings. The first-order valence-electron chi connectivity index (χ1n) is 4.29. The quantitative estimate of drug-likeness (QED) is 0.676. The molecule has 1 aliphatic carbocycles. The summed E-state index contributed by atoms with van der Waals surface area (Å²) in [5.74, 6) is 0. The maximum Gasteiger partial charge on any atom is 0.522 e. The molecule has 1 rings (SSSR count). The zero-order valence-electron chi connectivity index (χ0n) is 7.84. The fraction of sp³-hybridized carbons (Fsp3) is 0.875. The van der Waals surface area contributed by atoms with Crippen LogP contribution in [0.2, 0.25) is 0 Å². The molecule has 0 bridgehead atoms. The number of ether oxygens (including phenoxy) is 2. The molecule has 0 N–H and O–H groups in total. The molecule has 3 nitrogen and oxygen atoms in total. The Hall–Kier alpha value is -0.780. The number of hydrogen-bond donors (Lipinski definition) is 0. The largest absolute Gasteiger partial charge is 0.522 e. The van der Waals surface area contributed by atoms with Crippen LogP contribution in [-0.4, -0.2) is 25.5 Å². The highest BCUT2D eigenvalue weighted by Crippen LogP contribution is 2.29. The molecule has 14 heavy (non-hydrogen) atoms. The maximum atomic E-state index is 11.3. The van der Waals surface area contributed by atoms with Gasteiger partial charge >= 0.3 is 6.36 Å². The molecule has 1 aliphatic rings. The molecule has 0 unspecified atom stereocenters. The van der Waals surface area contributed by atoms with Crippen LogP contribution in [0.3, 0.4) is 0 Å². The summed E-state index contributed by atoms with van der Waals surface area (Å²) in [6.45, 7) is 2.66. The molecule has 0 aromatic rings. The van der Waals surface area contributed by atoms with Crippen LogP contribution >= 0.6 is 0 Å². The van der Waals surface area contributed by atoms with Crippen molar-refractivity contribution in [1.29, 1.82) is 0 Å². The minimum absolute atomic E-state index is 0.431. The van der Waals surface area contributed by atoms with Crippen molar-refractivity contribution in [3.63, 3.8) is 0 Å². The number of alkyl halides is 3. The normalized spacial score (nSPS) is 16.3. The average molecular weight is 214 g/mol. The van der Waals surface area contributed by atoms with E-state index in [1.165, 1.54) is 0 Å². The molecule has 6 heteroatoms. The van der Waals surface area contributed by atoms with Gasteiger partial charge in [0.1, 0.15) is 0 Å². The molecule has 1 saturated carbocycles. The monoisotopic (exact) mass is 214 g/mol. The third-order valence-corrected chi connectivity index (χ3v) is 1.59. The number of carbonyl (C=O) groups is 1. The summed E-state index contributed by atoms with van der Waals surface area (Å²) in [4.78, 5) is 9.18. The van der Waals surface area contributed by atoms with Gasteiger partial charge < -0.3 is 4.74 Å². The van der Waals surface area contributed by atoms with E-state index in [0.717, 1.165) is 6.42 Å². The van der Waals surface area contributed by atoms with Crippen molar-refractivity contribution in [2.75, 3.05) is 6.61 Å². The smallest absolute Gasteiger partial charge is 0.468 e. The number of hydrogen-bond acceptors (Lipinski definition) is 3. The van der Waals surface area contributed by atoms with Gasteiger partial charge in [-0.15, -0.1) is 13.2 Å². The Morgan fingerprint density at radius 2 is 2.00 bits per heavy atom. The molecule has 0 atom stereocenters. The molecule has 0 spiro atoms. The van der Waals surface area contributed by atoms with Gasteiger partial charge in [0, 0.05) is 0 Å². The first-order chi connectivity index (χ1) is 6.49. The van der Waals surface area contributed by atoms with E-state index < -0.39 is 12.5 Å². The van der Waals surface area contributed by atoms with Crippen molar-refractivity contribution in [1.82, 2.24) is 0 Å². The van der Waals surface area contributed by atoms with Gasteiger partial charge in [0.2, 0.25) is 0 Å². The van der Waals surface area contributed by atoms with Crippen molar-refractivity contribution < 1.29 is 27.4 Å². The molecule has 0 radical (unpaired) electrons. The zero-order chi connectivity index (χ0) is 11.0. The SMILES string of the molecule is CCOC=O.FC(F)(F)OC1CCC1. The third kappa shape index (κ3) is 7.85. The molecule has 0 aromatic carbocycles. The second-order valence-corrected chi connectivity index (χ2v) is 2.67. The van der Waals surface area contributed by atoms with Gasteiger partial charge in [-0.1, -0.05) is 0 Å². The van der Waals surface area contributed by atoms with E-state index in [2.05, 4.69) is 9.47 Å².